The summed E-state index contributed by atoms with van der Waals surface area (Å²) in [5, 5.41) is 3.08. The molecule has 0 radical (unpaired) electrons. The fourth-order valence-electron chi connectivity index (χ4n) is 1.85. The van der Waals surface area contributed by atoms with E-state index in [1.165, 1.54) is 0 Å². The Kier molecular flexibility index (Phi) is 3.89. The summed E-state index contributed by atoms with van der Waals surface area (Å²) < 4.78 is 0. The monoisotopic (exact) mass is 199 g/mol. The molecule has 1 heterocycles. The van der Waals surface area contributed by atoms with Crippen molar-refractivity contribution in [1.29, 1.82) is 0 Å². The summed E-state index contributed by atoms with van der Waals surface area (Å²) in [7, 11) is 5.80. The van der Waals surface area contributed by atoms with Crippen LogP contribution in [0.4, 0.5) is 0 Å². The Morgan fingerprint density at radius 3 is 2.71 bits per heavy atom. The molecular weight excluding hydrogens is 178 g/mol. The second-order valence-corrected chi connectivity index (χ2v) is 4.14. The fraction of sp³-hybridized carbons (Fsp3) is 0.900. The van der Waals surface area contributed by atoms with E-state index in [4.69, 9.17) is 0 Å². The highest BCUT2D eigenvalue weighted by molar-refractivity contribution is 5.82. The van der Waals surface area contributed by atoms with Gasteiger partial charge in [0.2, 0.25) is 5.91 Å². The van der Waals surface area contributed by atoms with E-state index in [1.807, 2.05) is 26.0 Å². The van der Waals surface area contributed by atoms with Gasteiger partial charge in [0.25, 0.3) is 0 Å². The maximum atomic E-state index is 11.9. The molecule has 1 N–H and O–H groups in total. The van der Waals surface area contributed by atoms with Crippen molar-refractivity contribution in [3.05, 3.63) is 0 Å². The summed E-state index contributed by atoms with van der Waals surface area (Å²) in [4.78, 5) is 15.9. The summed E-state index contributed by atoms with van der Waals surface area (Å²) in [6.07, 6.45) is 1.05. The van der Waals surface area contributed by atoms with Crippen molar-refractivity contribution < 1.29 is 4.79 Å². The van der Waals surface area contributed by atoms with Crippen LogP contribution in [-0.2, 0) is 4.79 Å². The first kappa shape index (κ1) is 11.5. The van der Waals surface area contributed by atoms with Gasteiger partial charge in [0.05, 0.1) is 0 Å². The quantitative estimate of drug-likeness (QED) is 0.666. The van der Waals surface area contributed by atoms with E-state index >= 15 is 0 Å². The average molecular weight is 199 g/mol. The van der Waals surface area contributed by atoms with Crippen molar-refractivity contribution in [3.8, 4) is 0 Å². The van der Waals surface area contributed by atoms with Gasteiger partial charge in [-0.15, -0.1) is 0 Å². The van der Waals surface area contributed by atoms with Crippen LogP contribution in [-0.4, -0.2) is 62.0 Å². The Bertz CT molecular complexity index is 208. The zero-order valence-electron chi connectivity index (χ0n) is 9.58. The zero-order chi connectivity index (χ0) is 10.7. The highest BCUT2D eigenvalue weighted by Crippen LogP contribution is 2.13. The van der Waals surface area contributed by atoms with E-state index in [2.05, 4.69) is 17.1 Å². The van der Waals surface area contributed by atoms with Gasteiger partial charge in [-0.3, -0.25) is 9.69 Å². The lowest BCUT2D eigenvalue weighted by Crippen LogP contribution is -2.50. The summed E-state index contributed by atoms with van der Waals surface area (Å²) in [5.74, 6) is 0.228. The van der Waals surface area contributed by atoms with Crippen LogP contribution in [0.15, 0.2) is 0 Å². The Labute approximate surface area is 86.2 Å². The van der Waals surface area contributed by atoms with Crippen molar-refractivity contribution in [2.24, 2.45) is 0 Å². The van der Waals surface area contributed by atoms with Crippen LogP contribution in [0, 0.1) is 0 Å². The summed E-state index contributed by atoms with van der Waals surface area (Å²) in [6, 6.07) is 0.463. The zero-order valence-corrected chi connectivity index (χ0v) is 9.58. The predicted molar refractivity (Wildman–Crippen MR) is 57.2 cm³/mol. The third kappa shape index (κ3) is 2.25. The molecule has 0 aromatic heterocycles. The average Bonchev–Trinajstić information content (AvgIpc) is 2.26. The number of nitrogens with one attached hydrogen (secondary N) is 1. The molecule has 0 spiro atoms. The van der Waals surface area contributed by atoms with E-state index in [0.717, 1.165) is 19.5 Å². The standard InChI is InChI=1S/C10H21N3O/c1-8-5-6-12(3)10(14)9(7-11-2)13(8)4/h8-9,11H,5-7H2,1-4H3. The molecule has 82 valence electrons. The molecule has 14 heavy (non-hydrogen) atoms. The van der Waals surface area contributed by atoms with Gasteiger partial charge in [0, 0.05) is 26.2 Å². The van der Waals surface area contributed by atoms with Crippen molar-refractivity contribution in [2.75, 3.05) is 34.2 Å². The van der Waals surface area contributed by atoms with Crippen molar-refractivity contribution in [2.45, 2.75) is 25.4 Å². The predicted octanol–water partition coefficient (Wildman–Crippen LogP) is -0.243. The Morgan fingerprint density at radius 2 is 2.14 bits per heavy atom. The van der Waals surface area contributed by atoms with Gasteiger partial charge in [-0.1, -0.05) is 0 Å². The van der Waals surface area contributed by atoms with Gasteiger partial charge in [0.15, 0.2) is 0 Å². The second kappa shape index (κ2) is 4.75. The lowest BCUT2D eigenvalue weighted by molar-refractivity contribution is -0.133. The number of rotatable bonds is 2. The normalized spacial score (nSPS) is 30.6. The molecule has 1 aliphatic rings. The van der Waals surface area contributed by atoms with E-state index in [1.54, 1.807) is 0 Å². The van der Waals surface area contributed by atoms with E-state index in [9.17, 15) is 4.79 Å². The summed E-state index contributed by atoms with van der Waals surface area (Å²) >= 11 is 0. The third-order valence-electron chi connectivity index (χ3n) is 3.13. The Balaban J connectivity index is 2.77. The van der Waals surface area contributed by atoms with Crippen LogP contribution >= 0.6 is 0 Å². The highest BCUT2D eigenvalue weighted by atomic mass is 16.2. The van der Waals surface area contributed by atoms with E-state index < -0.39 is 0 Å². The van der Waals surface area contributed by atoms with Gasteiger partial charge < -0.3 is 10.2 Å². The van der Waals surface area contributed by atoms with Crippen molar-refractivity contribution in [1.82, 2.24) is 15.1 Å². The molecule has 1 fully saturated rings. The molecule has 0 saturated carbocycles. The summed E-state index contributed by atoms with van der Waals surface area (Å²) in [6.45, 7) is 3.77. The first-order valence-electron chi connectivity index (χ1n) is 5.19. The number of hydrogen-bond acceptors (Lipinski definition) is 3. The summed E-state index contributed by atoms with van der Waals surface area (Å²) in [5.41, 5.74) is 0. The van der Waals surface area contributed by atoms with Crippen LogP contribution < -0.4 is 5.32 Å². The smallest absolute Gasteiger partial charge is 0.240 e. The number of amides is 1. The molecule has 2 unspecified atom stereocenters. The van der Waals surface area contributed by atoms with Crippen molar-refractivity contribution >= 4 is 5.91 Å². The lowest BCUT2D eigenvalue weighted by atomic mass is 10.2. The molecular formula is C10H21N3O. The van der Waals surface area contributed by atoms with Gasteiger partial charge in [0.1, 0.15) is 6.04 Å². The first-order valence-corrected chi connectivity index (χ1v) is 5.19. The topological polar surface area (TPSA) is 35.6 Å². The van der Waals surface area contributed by atoms with E-state index in [-0.39, 0.29) is 11.9 Å². The molecule has 1 amide bonds. The van der Waals surface area contributed by atoms with Gasteiger partial charge in [-0.25, -0.2) is 0 Å². The van der Waals surface area contributed by atoms with Crippen LogP contribution in [0.2, 0.25) is 0 Å². The molecule has 4 heteroatoms. The lowest BCUT2D eigenvalue weighted by Gasteiger charge is -2.29. The molecule has 4 nitrogen and oxygen atoms in total. The molecule has 0 aromatic carbocycles. The first-order chi connectivity index (χ1) is 6.57. The third-order valence-corrected chi connectivity index (χ3v) is 3.13. The SMILES string of the molecule is CNCC1C(=O)N(C)CCC(C)N1C. The van der Waals surface area contributed by atoms with Gasteiger partial charge >= 0.3 is 0 Å². The molecule has 0 aromatic rings. The fourth-order valence-corrected chi connectivity index (χ4v) is 1.85. The maximum Gasteiger partial charge on any atom is 0.240 e. The molecule has 2 atom stereocenters. The molecule has 0 aliphatic carbocycles. The number of carbonyl (C=O) groups is 1. The molecule has 1 aliphatic heterocycles. The molecule has 1 rings (SSSR count). The van der Waals surface area contributed by atoms with E-state index in [0.29, 0.717) is 6.04 Å². The van der Waals surface area contributed by atoms with Crippen LogP contribution in [0.25, 0.3) is 0 Å². The molecule has 0 bridgehead atoms. The molecule has 1 saturated heterocycles. The van der Waals surface area contributed by atoms with Crippen LogP contribution in [0.1, 0.15) is 13.3 Å². The van der Waals surface area contributed by atoms with Gasteiger partial charge in [-0.2, -0.15) is 0 Å². The maximum absolute atomic E-state index is 11.9. The number of nitrogens with zero attached hydrogens (tertiary/aromatic N) is 2. The number of carbonyl (C=O) groups excluding carboxylic acids is 1. The Morgan fingerprint density at radius 1 is 1.50 bits per heavy atom. The highest BCUT2D eigenvalue weighted by Gasteiger charge is 2.31. The number of hydrogen-bond donors (Lipinski definition) is 1. The van der Waals surface area contributed by atoms with Crippen LogP contribution in [0.5, 0.6) is 0 Å². The minimum Gasteiger partial charge on any atom is -0.344 e. The minimum atomic E-state index is -0.0116. The largest absolute Gasteiger partial charge is 0.344 e. The second-order valence-electron chi connectivity index (χ2n) is 4.14. The van der Waals surface area contributed by atoms with Crippen LogP contribution in [0.3, 0.4) is 0 Å². The minimum absolute atomic E-state index is 0.0116. The van der Waals surface area contributed by atoms with Crippen molar-refractivity contribution in [3.63, 3.8) is 0 Å². The Hall–Kier alpha value is -0.610. The van der Waals surface area contributed by atoms with Gasteiger partial charge in [-0.05, 0) is 27.4 Å². The number of likely N-dealkylation sites (N-methyl/N-ethyl adjacent to an activating group) is 3.